The molecule has 1 aliphatic rings. The van der Waals surface area contributed by atoms with Gasteiger partial charge in [-0.3, -0.25) is 19.2 Å². The smallest absolute Gasteiger partial charge is 0.306 e. The number of hydrogen-bond donors (Lipinski definition) is 2. The number of nitrogens with zero attached hydrogens (tertiary/aromatic N) is 1. The largest absolute Gasteiger partial charge is 0.497 e. The molecule has 1 aliphatic heterocycles. The van der Waals surface area contributed by atoms with E-state index in [4.69, 9.17) is 9.47 Å². The Morgan fingerprint density at radius 1 is 1.07 bits per heavy atom. The molecule has 0 bridgehead atoms. The number of rotatable bonds is 9. The molecule has 1 aromatic rings. The molecule has 3 amide bonds. The summed E-state index contributed by atoms with van der Waals surface area (Å²) >= 11 is 0. The van der Waals surface area contributed by atoms with E-state index < -0.39 is 5.97 Å². The average Bonchev–Trinajstić information content (AvgIpc) is 2.76. The molecule has 0 aliphatic carbocycles. The van der Waals surface area contributed by atoms with Crippen LogP contribution in [0.3, 0.4) is 0 Å². The molecule has 0 aromatic heterocycles. The second-order valence-electron chi connectivity index (χ2n) is 6.95. The molecule has 2 N–H and O–H groups in total. The molecule has 0 unspecified atom stereocenters. The molecule has 0 atom stereocenters. The van der Waals surface area contributed by atoms with E-state index in [1.54, 1.807) is 43.2 Å². The summed E-state index contributed by atoms with van der Waals surface area (Å²) in [5.41, 5.74) is 0.699. The number of benzene rings is 1. The minimum absolute atomic E-state index is 0.0113. The first kappa shape index (κ1) is 23.2. The number of piperidine rings is 1. The maximum absolute atomic E-state index is 12.4. The number of methoxy groups -OCH3 is 1. The van der Waals surface area contributed by atoms with E-state index in [9.17, 15) is 19.2 Å². The molecule has 0 spiro atoms. The van der Waals surface area contributed by atoms with E-state index in [0.717, 1.165) is 0 Å². The number of hydrogen-bond acceptors (Lipinski definition) is 6. The third-order valence-corrected chi connectivity index (χ3v) is 4.87. The van der Waals surface area contributed by atoms with Gasteiger partial charge in [0.25, 0.3) is 0 Å². The van der Waals surface area contributed by atoms with Crippen LogP contribution in [0.25, 0.3) is 0 Å². The Morgan fingerprint density at radius 2 is 1.73 bits per heavy atom. The van der Waals surface area contributed by atoms with Gasteiger partial charge in [-0.15, -0.1) is 0 Å². The van der Waals surface area contributed by atoms with Crippen molar-refractivity contribution in [3.8, 4) is 5.75 Å². The molecule has 9 heteroatoms. The van der Waals surface area contributed by atoms with Gasteiger partial charge in [-0.05, 0) is 44.0 Å². The molecule has 2 rings (SSSR count). The highest BCUT2D eigenvalue weighted by Crippen LogP contribution is 2.21. The number of esters is 1. The molecule has 0 radical (unpaired) electrons. The zero-order valence-corrected chi connectivity index (χ0v) is 17.4. The topological polar surface area (TPSA) is 114 Å². The zero-order valence-electron chi connectivity index (χ0n) is 17.4. The van der Waals surface area contributed by atoms with E-state index in [1.165, 1.54) is 0 Å². The number of likely N-dealkylation sites (tertiary alicyclic amines) is 1. The standard InChI is InChI=1S/C21H29N3O6/c1-3-30-20(27)9-8-18(25)22-14-19(26)24-12-10-15(11-13-24)21(28)23-16-4-6-17(29-2)7-5-16/h4-7,15H,3,8-14H2,1-2H3,(H,22,25)(H,23,28). The maximum atomic E-state index is 12.4. The predicted molar refractivity (Wildman–Crippen MR) is 110 cm³/mol. The van der Waals surface area contributed by atoms with Crippen molar-refractivity contribution in [2.24, 2.45) is 5.92 Å². The SMILES string of the molecule is CCOC(=O)CCC(=O)NCC(=O)N1CCC(C(=O)Nc2ccc(OC)cc2)CC1. The van der Waals surface area contributed by atoms with Crippen molar-refractivity contribution in [2.45, 2.75) is 32.6 Å². The molecule has 164 valence electrons. The summed E-state index contributed by atoms with van der Waals surface area (Å²) in [6.07, 6.45) is 1.09. The quantitative estimate of drug-likeness (QED) is 0.584. The Labute approximate surface area is 176 Å². The van der Waals surface area contributed by atoms with Gasteiger partial charge in [-0.25, -0.2) is 0 Å². The lowest BCUT2D eigenvalue weighted by Gasteiger charge is -2.31. The maximum Gasteiger partial charge on any atom is 0.306 e. The van der Waals surface area contributed by atoms with Gasteiger partial charge in [0, 0.05) is 31.1 Å². The van der Waals surface area contributed by atoms with Crippen LogP contribution in [0.4, 0.5) is 5.69 Å². The van der Waals surface area contributed by atoms with Gasteiger partial charge < -0.3 is 25.0 Å². The van der Waals surface area contributed by atoms with Gasteiger partial charge in [0.1, 0.15) is 5.75 Å². The average molecular weight is 419 g/mol. The van der Waals surface area contributed by atoms with Crippen molar-refractivity contribution < 1.29 is 28.7 Å². The fourth-order valence-electron chi connectivity index (χ4n) is 3.13. The van der Waals surface area contributed by atoms with Crippen molar-refractivity contribution >= 4 is 29.4 Å². The van der Waals surface area contributed by atoms with E-state index in [-0.39, 0.29) is 49.6 Å². The van der Waals surface area contributed by atoms with Crippen LogP contribution in [0.1, 0.15) is 32.6 Å². The molecule has 30 heavy (non-hydrogen) atoms. The lowest BCUT2D eigenvalue weighted by atomic mass is 9.95. The highest BCUT2D eigenvalue weighted by molar-refractivity contribution is 5.93. The van der Waals surface area contributed by atoms with Crippen LogP contribution in [0.5, 0.6) is 5.75 Å². The first-order valence-corrected chi connectivity index (χ1v) is 10.1. The fraction of sp³-hybridized carbons (Fsp3) is 0.524. The minimum Gasteiger partial charge on any atom is -0.497 e. The normalized spacial score (nSPS) is 14.0. The van der Waals surface area contributed by atoms with Crippen LogP contribution in [0, 0.1) is 5.92 Å². The number of carbonyl (C=O) groups excluding carboxylic acids is 4. The summed E-state index contributed by atoms with van der Waals surface area (Å²) in [6, 6.07) is 7.11. The summed E-state index contributed by atoms with van der Waals surface area (Å²) in [6.45, 7) is 2.76. The predicted octanol–water partition coefficient (Wildman–Crippen LogP) is 1.33. The molecule has 1 fully saturated rings. The lowest BCUT2D eigenvalue weighted by Crippen LogP contribution is -2.45. The number of amides is 3. The molecule has 9 nitrogen and oxygen atoms in total. The minimum atomic E-state index is -0.436. The van der Waals surface area contributed by atoms with Gasteiger partial charge in [0.05, 0.1) is 26.7 Å². The van der Waals surface area contributed by atoms with Crippen molar-refractivity contribution in [1.82, 2.24) is 10.2 Å². The Kier molecular flexibility index (Phi) is 9.11. The molecular weight excluding hydrogens is 390 g/mol. The van der Waals surface area contributed by atoms with Gasteiger partial charge >= 0.3 is 5.97 Å². The van der Waals surface area contributed by atoms with Gasteiger partial charge in [0.2, 0.25) is 17.7 Å². The van der Waals surface area contributed by atoms with Crippen molar-refractivity contribution in [3.63, 3.8) is 0 Å². The molecule has 1 aromatic carbocycles. The number of nitrogens with one attached hydrogen (secondary N) is 2. The Hall–Kier alpha value is -3.10. The molecule has 1 heterocycles. The Morgan fingerprint density at radius 3 is 2.33 bits per heavy atom. The van der Waals surface area contributed by atoms with Crippen molar-refractivity contribution in [1.29, 1.82) is 0 Å². The molecule has 0 saturated carbocycles. The second-order valence-corrected chi connectivity index (χ2v) is 6.95. The van der Waals surface area contributed by atoms with Gasteiger partial charge in [0.15, 0.2) is 0 Å². The van der Waals surface area contributed by atoms with E-state index >= 15 is 0 Å². The van der Waals surface area contributed by atoms with Crippen LogP contribution >= 0.6 is 0 Å². The number of carbonyl (C=O) groups is 4. The fourth-order valence-corrected chi connectivity index (χ4v) is 3.13. The summed E-state index contributed by atoms with van der Waals surface area (Å²) in [5, 5.41) is 5.41. The van der Waals surface area contributed by atoms with Crippen LogP contribution in [-0.2, 0) is 23.9 Å². The highest BCUT2D eigenvalue weighted by Gasteiger charge is 2.27. The van der Waals surface area contributed by atoms with Crippen LogP contribution in [0.2, 0.25) is 0 Å². The summed E-state index contributed by atoms with van der Waals surface area (Å²) < 4.78 is 9.85. The van der Waals surface area contributed by atoms with Crippen molar-refractivity contribution in [3.05, 3.63) is 24.3 Å². The number of anilines is 1. The highest BCUT2D eigenvalue weighted by atomic mass is 16.5. The van der Waals surface area contributed by atoms with Crippen LogP contribution in [0.15, 0.2) is 24.3 Å². The Bertz CT molecular complexity index is 742. The van der Waals surface area contributed by atoms with E-state index in [1.807, 2.05) is 0 Å². The monoisotopic (exact) mass is 419 g/mol. The summed E-state index contributed by atoms with van der Waals surface area (Å²) in [7, 11) is 1.58. The van der Waals surface area contributed by atoms with Crippen LogP contribution < -0.4 is 15.4 Å². The van der Waals surface area contributed by atoms with Crippen molar-refractivity contribution in [2.75, 3.05) is 38.7 Å². The number of ether oxygens (including phenoxy) is 2. The first-order chi connectivity index (χ1) is 14.4. The van der Waals surface area contributed by atoms with E-state index in [0.29, 0.717) is 37.4 Å². The van der Waals surface area contributed by atoms with Gasteiger partial charge in [-0.2, -0.15) is 0 Å². The third-order valence-electron chi connectivity index (χ3n) is 4.87. The Balaban J connectivity index is 1.68. The van der Waals surface area contributed by atoms with E-state index in [2.05, 4.69) is 10.6 Å². The summed E-state index contributed by atoms with van der Waals surface area (Å²) in [5.74, 6) is -0.532. The lowest BCUT2D eigenvalue weighted by molar-refractivity contribution is -0.144. The second kappa shape index (κ2) is 11.8. The molecular formula is C21H29N3O6. The molecule has 1 saturated heterocycles. The van der Waals surface area contributed by atoms with Gasteiger partial charge in [-0.1, -0.05) is 0 Å². The van der Waals surface area contributed by atoms with Crippen LogP contribution in [-0.4, -0.2) is 61.9 Å². The zero-order chi connectivity index (χ0) is 21.9. The third kappa shape index (κ3) is 7.38. The first-order valence-electron chi connectivity index (χ1n) is 10.1. The summed E-state index contributed by atoms with van der Waals surface area (Å²) in [4.78, 5) is 49.4.